The van der Waals surface area contributed by atoms with Gasteiger partial charge in [0, 0.05) is 10.2 Å². The molecular formula is C9H17Si. The maximum absolute atomic E-state index is 3.82. The third-order valence-corrected chi connectivity index (χ3v) is 3.81. The fourth-order valence-corrected chi connectivity index (χ4v) is 2.50. The Morgan fingerprint density at radius 2 is 2.10 bits per heavy atom. The Labute approximate surface area is 67.8 Å². The number of rotatable bonds is 2. The minimum Gasteiger partial charge on any atom is -0.0654 e. The molecule has 0 aromatic carbocycles. The van der Waals surface area contributed by atoms with Crippen LogP contribution in [0.2, 0.25) is 5.54 Å². The van der Waals surface area contributed by atoms with Gasteiger partial charge < -0.3 is 0 Å². The van der Waals surface area contributed by atoms with Gasteiger partial charge in [0.1, 0.15) is 0 Å². The van der Waals surface area contributed by atoms with Gasteiger partial charge in [-0.25, -0.2) is 0 Å². The van der Waals surface area contributed by atoms with Gasteiger partial charge in [-0.3, -0.25) is 0 Å². The number of hydrogen-bond acceptors (Lipinski definition) is 0. The van der Waals surface area contributed by atoms with E-state index in [-0.39, 0.29) is 0 Å². The normalized spacial score (nSPS) is 40.5. The summed E-state index contributed by atoms with van der Waals surface area (Å²) in [6, 6.07) is 0. The molecule has 1 saturated carbocycles. The molecule has 0 aromatic rings. The average Bonchev–Trinajstić information content (AvgIpc) is 2.20. The first-order valence-corrected chi connectivity index (χ1v) is 5.04. The first-order valence-electron chi connectivity index (χ1n) is 4.46. The zero-order valence-electron chi connectivity index (χ0n) is 7.06. The summed E-state index contributed by atoms with van der Waals surface area (Å²) in [5.74, 6) is 1.88. The zero-order chi connectivity index (χ0) is 7.56. The van der Waals surface area contributed by atoms with Gasteiger partial charge in [-0.1, -0.05) is 39.5 Å². The molecule has 3 radical (unpaired) electrons. The Bertz CT molecular complexity index is 98.9. The molecule has 3 unspecified atom stereocenters. The largest absolute Gasteiger partial charge is 0.0654 e. The topological polar surface area (TPSA) is 0 Å². The molecule has 1 fully saturated rings. The predicted molar refractivity (Wildman–Crippen MR) is 46.3 cm³/mol. The molecule has 57 valence electrons. The molecule has 0 saturated heterocycles. The highest BCUT2D eigenvalue weighted by atomic mass is 28.1. The molecule has 10 heavy (non-hydrogen) atoms. The number of hydrogen-bond donors (Lipinski definition) is 0. The van der Waals surface area contributed by atoms with Gasteiger partial charge in [0.25, 0.3) is 0 Å². The molecule has 1 heteroatoms. The van der Waals surface area contributed by atoms with Crippen molar-refractivity contribution in [3.63, 3.8) is 0 Å². The molecular weight excluding hydrogens is 136 g/mol. The summed E-state index contributed by atoms with van der Waals surface area (Å²) in [6.45, 7) is 4.63. The van der Waals surface area contributed by atoms with Gasteiger partial charge in [0.2, 0.25) is 0 Å². The lowest BCUT2D eigenvalue weighted by Crippen LogP contribution is -2.05. The second kappa shape index (κ2) is 3.56. The molecule has 1 aliphatic rings. The van der Waals surface area contributed by atoms with E-state index in [0.717, 1.165) is 17.4 Å². The van der Waals surface area contributed by atoms with Gasteiger partial charge >= 0.3 is 0 Å². The Morgan fingerprint density at radius 1 is 1.40 bits per heavy atom. The van der Waals surface area contributed by atoms with Gasteiger partial charge in [0.15, 0.2) is 0 Å². The van der Waals surface area contributed by atoms with E-state index in [1.165, 1.54) is 25.7 Å². The molecule has 0 N–H and O–H groups in total. The van der Waals surface area contributed by atoms with Crippen LogP contribution in [0.25, 0.3) is 0 Å². The van der Waals surface area contributed by atoms with Crippen molar-refractivity contribution in [2.24, 2.45) is 11.8 Å². The summed E-state index contributed by atoms with van der Waals surface area (Å²) in [7, 11) is 3.82. The fourth-order valence-electron chi connectivity index (χ4n) is 2.00. The van der Waals surface area contributed by atoms with Crippen molar-refractivity contribution in [1.29, 1.82) is 0 Å². The van der Waals surface area contributed by atoms with Crippen LogP contribution in [-0.2, 0) is 0 Å². The minimum atomic E-state index is 0.806. The summed E-state index contributed by atoms with van der Waals surface area (Å²) in [5, 5.41) is 0. The highest BCUT2D eigenvalue weighted by molar-refractivity contribution is 6.12. The first-order chi connectivity index (χ1) is 4.75. The van der Waals surface area contributed by atoms with Gasteiger partial charge in [0.05, 0.1) is 0 Å². The summed E-state index contributed by atoms with van der Waals surface area (Å²) < 4.78 is 0. The van der Waals surface area contributed by atoms with E-state index in [0.29, 0.717) is 0 Å². The molecule has 0 spiro atoms. The molecule has 0 aliphatic heterocycles. The maximum Gasteiger partial charge on any atom is 0.0273 e. The third kappa shape index (κ3) is 1.63. The van der Waals surface area contributed by atoms with E-state index in [9.17, 15) is 0 Å². The fraction of sp³-hybridized carbons (Fsp3) is 1.00. The second-order valence-electron chi connectivity index (χ2n) is 3.63. The third-order valence-electron chi connectivity index (χ3n) is 2.77. The summed E-state index contributed by atoms with van der Waals surface area (Å²) >= 11 is 0. The van der Waals surface area contributed by atoms with Gasteiger partial charge in [-0.2, -0.15) is 0 Å². The molecule has 3 atom stereocenters. The standard InChI is InChI=1S/C9H17Si/c1-3-4-8-6-5-7(2)9(8)10/h7-9H,3-6H2,1-2H3. The molecule has 0 amide bonds. The van der Waals surface area contributed by atoms with E-state index >= 15 is 0 Å². The van der Waals surface area contributed by atoms with Crippen molar-refractivity contribution in [3.05, 3.63) is 0 Å². The average molecular weight is 153 g/mol. The highest BCUT2D eigenvalue weighted by Gasteiger charge is 2.28. The summed E-state index contributed by atoms with van der Waals surface area (Å²) in [4.78, 5) is 0. The summed E-state index contributed by atoms with van der Waals surface area (Å²) in [6.07, 6.45) is 5.64. The lowest BCUT2D eigenvalue weighted by atomic mass is 10.0. The Kier molecular flexibility index (Phi) is 2.96. The molecule has 0 nitrogen and oxygen atoms in total. The van der Waals surface area contributed by atoms with Gasteiger partial charge in [-0.05, 0) is 17.4 Å². The van der Waals surface area contributed by atoms with E-state index in [1.807, 2.05) is 0 Å². The highest BCUT2D eigenvalue weighted by Crippen LogP contribution is 2.41. The quantitative estimate of drug-likeness (QED) is 0.535. The minimum absolute atomic E-state index is 0.806. The monoisotopic (exact) mass is 153 g/mol. The van der Waals surface area contributed by atoms with E-state index in [1.54, 1.807) is 0 Å². The summed E-state index contributed by atoms with van der Waals surface area (Å²) in [5.41, 5.74) is 0.806. The van der Waals surface area contributed by atoms with Crippen molar-refractivity contribution in [1.82, 2.24) is 0 Å². The molecule has 0 bridgehead atoms. The van der Waals surface area contributed by atoms with Crippen LogP contribution in [-0.4, -0.2) is 10.2 Å². The lowest BCUT2D eigenvalue weighted by molar-refractivity contribution is 0.474. The van der Waals surface area contributed by atoms with E-state index in [2.05, 4.69) is 24.1 Å². The molecule has 1 rings (SSSR count). The smallest absolute Gasteiger partial charge is 0.0273 e. The van der Waals surface area contributed by atoms with Crippen molar-refractivity contribution >= 4 is 10.2 Å². The van der Waals surface area contributed by atoms with E-state index < -0.39 is 0 Å². The molecule has 0 aromatic heterocycles. The van der Waals surface area contributed by atoms with Crippen molar-refractivity contribution in [2.75, 3.05) is 0 Å². The van der Waals surface area contributed by atoms with Crippen LogP contribution >= 0.6 is 0 Å². The predicted octanol–water partition coefficient (Wildman–Crippen LogP) is 2.79. The Balaban J connectivity index is 2.33. The van der Waals surface area contributed by atoms with Gasteiger partial charge in [-0.15, -0.1) is 0 Å². The van der Waals surface area contributed by atoms with Crippen molar-refractivity contribution in [2.45, 2.75) is 45.1 Å². The van der Waals surface area contributed by atoms with Crippen LogP contribution in [0.4, 0.5) is 0 Å². The first kappa shape index (κ1) is 8.31. The van der Waals surface area contributed by atoms with E-state index in [4.69, 9.17) is 0 Å². The van der Waals surface area contributed by atoms with Crippen LogP contribution < -0.4 is 0 Å². The molecule has 0 heterocycles. The Morgan fingerprint density at radius 3 is 2.50 bits per heavy atom. The maximum atomic E-state index is 3.82. The zero-order valence-corrected chi connectivity index (χ0v) is 8.06. The van der Waals surface area contributed by atoms with Crippen LogP contribution in [0.5, 0.6) is 0 Å². The SMILES string of the molecule is CCCC1CCC(C)C1[Si]. The van der Waals surface area contributed by atoms with Crippen LogP contribution in [0.3, 0.4) is 0 Å². The Hall–Kier alpha value is 0.217. The van der Waals surface area contributed by atoms with Crippen LogP contribution in [0, 0.1) is 11.8 Å². The van der Waals surface area contributed by atoms with Crippen molar-refractivity contribution in [3.8, 4) is 0 Å². The molecule has 1 aliphatic carbocycles. The lowest BCUT2D eigenvalue weighted by Gasteiger charge is -2.16. The van der Waals surface area contributed by atoms with Crippen LogP contribution in [0.15, 0.2) is 0 Å². The second-order valence-corrected chi connectivity index (χ2v) is 4.30. The van der Waals surface area contributed by atoms with Crippen molar-refractivity contribution < 1.29 is 0 Å². The van der Waals surface area contributed by atoms with Crippen LogP contribution in [0.1, 0.15) is 39.5 Å².